The number of ether oxygens (including phenoxy) is 1. The highest BCUT2D eigenvalue weighted by Gasteiger charge is 2.22. The number of halogens is 1. The van der Waals surface area contributed by atoms with Crippen molar-refractivity contribution in [3.63, 3.8) is 0 Å². The predicted molar refractivity (Wildman–Crippen MR) is 102 cm³/mol. The van der Waals surface area contributed by atoms with E-state index in [1.165, 1.54) is 12.8 Å². The van der Waals surface area contributed by atoms with E-state index >= 15 is 0 Å². The summed E-state index contributed by atoms with van der Waals surface area (Å²) in [7, 11) is 0. The molecule has 1 atom stereocenters. The number of hydrogen-bond acceptors (Lipinski definition) is 3. The third kappa shape index (κ3) is 6.33. The SMILES string of the molecule is CCCOc1cc(C)ccc1NC(=O)CC(C)C1CCNCC1.Cl. The fourth-order valence-corrected chi connectivity index (χ4v) is 3.14. The molecule has 0 radical (unpaired) electrons. The number of benzene rings is 1. The quantitative estimate of drug-likeness (QED) is 0.772. The van der Waals surface area contributed by atoms with Gasteiger partial charge in [-0.05, 0) is 68.8 Å². The van der Waals surface area contributed by atoms with Gasteiger partial charge in [-0.15, -0.1) is 12.4 Å². The Morgan fingerprint density at radius 2 is 2.08 bits per heavy atom. The molecule has 1 saturated heterocycles. The van der Waals surface area contributed by atoms with Crippen LogP contribution in [0.25, 0.3) is 0 Å². The Morgan fingerprint density at radius 1 is 1.38 bits per heavy atom. The Balaban J connectivity index is 0.00000288. The summed E-state index contributed by atoms with van der Waals surface area (Å²) in [4.78, 5) is 12.4. The maximum Gasteiger partial charge on any atom is 0.224 e. The molecule has 0 aromatic heterocycles. The first-order valence-electron chi connectivity index (χ1n) is 8.84. The van der Waals surface area contributed by atoms with Crippen LogP contribution in [0.1, 0.15) is 45.1 Å². The number of nitrogens with one attached hydrogen (secondary N) is 2. The van der Waals surface area contributed by atoms with Gasteiger partial charge in [0.25, 0.3) is 0 Å². The second-order valence-electron chi connectivity index (χ2n) is 6.67. The van der Waals surface area contributed by atoms with Gasteiger partial charge >= 0.3 is 0 Å². The average Bonchev–Trinajstić information content (AvgIpc) is 2.55. The number of amides is 1. The Labute approximate surface area is 152 Å². The molecular formula is C19H31ClN2O2. The van der Waals surface area contributed by atoms with E-state index in [9.17, 15) is 4.79 Å². The molecule has 1 aromatic carbocycles. The predicted octanol–water partition coefficient (Wildman–Crippen LogP) is 4.17. The van der Waals surface area contributed by atoms with Gasteiger partial charge in [0.1, 0.15) is 5.75 Å². The van der Waals surface area contributed by atoms with Crippen molar-refractivity contribution in [2.75, 3.05) is 25.0 Å². The summed E-state index contributed by atoms with van der Waals surface area (Å²) in [6, 6.07) is 5.93. The molecule has 5 heteroatoms. The largest absolute Gasteiger partial charge is 0.491 e. The zero-order valence-electron chi connectivity index (χ0n) is 15.1. The molecule has 1 amide bonds. The first-order valence-corrected chi connectivity index (χ1v) is 8.84. The van der Waals surface area contributed by atoms with Crippen molar-refractivity contribution >= 4 is 24.0 Å². The van der Waals surface area contributed by atoms with Crippen molar-refractivity contribution < 1.29 is 9.53 Å². The van der Waals surface area contributed by atoms with Crippen molar-refractivity contribution in [1.29, 1.82) is 0 Å². The van der Waals surface area contributed by atoms with Crippen LogP contribution in [-0.4, -0.2) is 25.6 Å². The lowest BCUT2D eigenvalue weighted by molar-refractivity contribution is -0.117. The van der Waals surface area contributed by atoms with Crippen LogP contribution in [0, 0.1) is 18.8 Å². The zero-order chi connectivity index (χ0) is 16.7. The summed E-state index contributed by atoms with van der Waals surface area (Å²) >= 11 is 0. The highest BCUT2D eigenvalue weighted by molar-refractivity contribution is 5.92. The van der Waals surface area contributed by atoms with E-state index in [2.05, 4.69) is 24.5 Å². The third-order valence-electron chi connectivity index (χ3n) is 4.57. The summed E-state index contributed by atoms with van der Waals surface area (Å²) in [5.74, 6) is 1.93. The van der Waals surface area contributed by atoms with E-state index in [1.807, 2.05) is 25.1 Å². The maximum absolute atomic E-state index is 12.4. The summed E-state index contributed by atoms with van der Waals surface area (Å²) in [5, 5.41) is 6.42. The van der Waals surface area contributed by atoms with Gasteiger partial charge in [0.05, 0.1) is 12.3 Å². The fraction of sp³-hybridized carbons (Fsp3) is 0.632. The van der Waals surface area contributed by atoms with Crippen LogP contribution in [0.2, 0.25) is 0 Å². The van der Waals surface area contributed by atoms with Gasteiger partial charge in [0.15, 0.2) is 0 Å². The number of piperidine rings is 1. The standard InChI is InChI=1S/C19H30N2O2.ClH/c1-4-11-23-18-12-14(2)5-6-17(18)21-19(22)13-15(3)16-7-9-20-10-8-16;/h5-6,12,15-16,20H,4,7-11,13H2,1-3H3,(H,21,22);1H. The lowest BCUT2D eigenvalue weighted by Gasteiger charge is -2.28. The van der Waals surface area contributed by atoms with Gasteiger partial charge in [-0.3, -0.25) is 4.79 Å². The molecule has 4 nitrogen and oxygen atoms in total. The topological polar surface area (TPSA) is 50.4 Å². The van der Waals surface area contributed by atoms with Crippen molar-refractivity contribution in [3.05, 3.63) is 23.8 Å². The van der Waals surface area contributed by atoms with Crippen molar-refractivity contribution in [2.45, 2.75) is 46.5 Å². The van der Waals surface area contributed by atoms with Crippen LogP contribution in [0.4, 0.5) is 5.69 Å². The second kappa shape index (κ2) is 10.6. The molecule has 1 heterocycles. The summed E-state index contributed by atoms with van der Waals surface area (Å²) in [6.07, 6.45) is 3.87. The molecule has 136 valence electrons. The van der Waals surface area contributed by atoms with Crippen molar-refractivity contribution in [1.82, 2.24) is 5.32 Å². The summed E-state index contributed by atoms with van der Waals surface area (Å²) < 4.78 is 5.77. The van der Waals surface area contributed by atoms with E-state index in [1.54, 1.807) is 0 Å². The van der Waals surface area contributed by atoms with Gasteiger partial charge in [0, 0.05) is 6.42 Å². The van der Waals surface area contributed by atoms with E-state index in [4.69, 9.17) is 4.74 Å². The highest BCUT2D eigenvalue weighted by atomic mass is 35.5. The molecule has 0 spiro atoms. The molecule has 2 rings (SSSR count). The van der Waals surface area contributed by atoms with Gasteiger partial charge in [-0.25, -0.2) is 0 Å². The van der Waals surface area contributed by atoms with Gasteiger partial charge in [-0.1, -0.05) is 19.9 Å². The smallest absolute Gasteiger partial charge is 0.224 e. The van der Waals surface area contributed by atoms with Gasteiger partial charge < -0.3 is 15.4 Å². The van der Waals surface area contributed by atoms with Crippen LogP contribution in [0.3, 0.4) is 0 Å². The second-order valence-corrected chi connectivity index (χ2v) is 6.67. The molecule has 2 N–H and O–H groups in total. The molecular weight excluding hydrogens is 324 g/mol. The minimum Gasteiger partial charge on any atom is -0.491 e. The number of anilines is 1. The number of aryl methyl sites for hydroxylation is 1. The lowest BCUT2D eigenvalue weighted by atomic mass is 9.84. The number of carbonyl (C=O) groups excluding carboxylic acids is 1. The van der Waals surface area contributed by atoms with Crippen molar-refractivity contribution in [3.8, 4) is 5.75 Å². The molecule has 1 fully saturated rings. The highest BCUT2D eigenvalue weighted by Crippen LogP contribution is 2.28. The molecule has 0 aliphatic carbocycles. The number of carbonyl (C=O) groups is 1. The van der Waals surface area contributed by atoms with E-state index in [-0.39, 0.29) is 18.3 Å². The summed E-state index contributed by atoms with van der Waals surface area (Å²) in [5.41, 5.74) is 1.92. The molecule has 24 heavy (non-hydrogen) atoms. The van der Waals surface area contributed by atoms with Gasteiger partial charge in [-0.2, -0.15) is 0 Å². The zero-order valence-corrected chi connectivity index (χ0v) is 15.9. The average molecular weight is 355 g/mol. The first-order chi connectivity index (χ1) is 11.1. The minimum atomic E-state index is 0. The Kier molecular flexibility index (Phi) is 9.16. The monoisotopic (exact) mass is 354 g/mol. The van der Waals surface area contributed by atoms with E-state index < -0.39 is 0 Å². The first kappa shape index (κ1) is 20.8. The van der Waals surface area contributed by atoms with Crippen LogP contribution in [-0.2, 0) is 4.79 Å². The van der Waals surface area contributed by atoms with Crippen LogP contribution >= 0.6 is 12.4 Å². The summed E-state index contributed by atoms with van der Waals surface area (Å²) in [6.45, 7) is 9.11. The molecule has 0 saturated carbocycles. The molecule has 1 aliphatic rings. The molecule has 1 unspecified atom stereocenters. The third-order valence-corrected chi connectivity index (χ3v) is 4.57. The van der Waals surface area contributed by atoms with Crippen LogP contribution < -0.4 is 15.4 Å². The van der Waals surface area contributed by atoms with E-state index in [0.29, 0.717) is 24.9 Å². The van der Waals surface area contributed by atoms with Crippen LogP contribution in [0.5, 0.6) is 5.75 Å². The molecule has 1 aromatic rings. The molecule has 0 bridgehead atoms. The van der Waals surface area contributed by atoms with E-state index in [0.717, 1.165) is 36.5 Å². The number of rotatable bonds is 7. The van der Waals surface area contributed by atoms with Crippen molar-refractivity contribution in [2.24, 2.45) is 11.8 Å². The Hall–Kier alpha value is -1.26. The fourth-order valence-electron chi connectivity index (χ4n) is 3.14. The number of hydrogen-bond donors (Lipinski definition) is 2. The Morgan fingerprint density at radius 3 is 2.75 bits per heavy atom. The molecule has 1 aliphatic heterocycles. The lowest BCUT2D eigenvalue weighted by Crippen LogP contribution is -2.32. The maximum atomic E-state index is 12.4. The van der Waals surface area contributed by atoms with Gasteiger partial charge in [0.2, 0.25) is 5.91 Å². The Bertz CT molecular complexity index is 516. The normalized spacial score (nSPS) is 16.1. The van der Waals surface area contributed by atoms with Crippen LogP contribution in [0.15, 0.2) is 18.2 Å². The minimum absolute atomic E-state index is 0.